The minimum atomic E-state index is -0.512. The molecule has 0 bridgehead atoms. The van der Waals surface area contributed by atoms with Crippen LogP contribution < -0.4 is 0 Å². The van der Waals surface area contributed by atoms with Gasteiger partial charge in [0.1, 0.15) is 0 Å². The van der Waals surface area contributed by atoms with E-state index in [-0.39, 0.29) is 35.4 Å². The largest absolute Gasteiger partial charge is 0.289 e. The molecule has 0 aromatic heterocycles. The van der Waals surface area contributed by atoms with E-state index in [0.29, 0.717) is 11.1 Å². The van der Waals surface area contributed by atoms with Crippen LogP contribution in [0.25, 0.3) is 0 Å². The van der Waals surface area contributed by atoms with Crippen LogP contribution in [0.3, 0.4) is 0 Å². The van der Waals surface area contributed by atoms with Crippen molar-refractivity contribution in [2.24, 2.45) is 0 Å². The summed E-state index contributed by atoms with van der Waals surface area (Å²) in [5.74, 6) is -0.214. The summed E-state index contributed by atoms with van der Waals surface area (Å²) in [6.45, 7) is 0. The highest BCUT2D eigenvalue weighted by Gasteiger charge is 2.12. The molecule has 0 saturated carbocycles. The standard InChI is InChI=1S/C13H9NO3.HI/c15-13(10-5-2-1-3-6-10)11-7-4-8-12(9-11)14(16)17;/h1-9H;1H. The summed E-state index contributed by atoms with van der Waals surface area (Å²) in [6.07, 6.45) is 0. The zero-order valence-corrected chi connectivity index (χ0v) is 11.6. The number of halogens is 1. The number of benzene rings is 2. The number of rotatable bonds is 3. The van der Waals surface area contributed by atoms with Gasteiger partial charge >= 0.3 is 0 Å². The normalized spacial score (nSPS) is 9.33. The summed E-state index contributed by atoms with van der Waals surface area (Å²) in [5, 5.41) is 10.6. The first-order valence-corrected chi connectivity index (χ1v) is 5.02. The van der Waals surface area contributed by atoms with Crippen molar-refractivity contribution in [3.05, 3.63) is 75.8 Å². The number of nitro benzene ring substituents is 1. The number of hydrogen-bond acceptors (Lipinski definition) is 3. The lowest BCUT2D eigenvalue weighted by molar-refractivity contribution is -0.384. The van der Waals surface area contributed by atoms with E-state index in [0.717, 1.165) is 0 Å². The Kier molecular flexibility index (Phi) is 4.96. The van der Waals surface area contributed by atoms with E-state index in [1.54, 1.807) is 30.3 Å². The average molecular weight is 355 g/mol. The molecule has 92 valence electrons. The van der Waals surface area contributed by atoms with Crippen molar-refractivity contribution < 1.29 is 9.72 Å². The van der Waals surface area contributed by atoms with E-state index in [1.807, 2.05) is 6.07 Å². The summed E-state index contributed by atoms with van der Waals surface area (Å²) in [5.41, 5.74) is 0.769. The Labute approximate surface area is 121 Å². The number of carbonyl (C=O) groups excluding carboxylic acids is 1. The van der Waals surface area contributed by atoms with Gasteiger partial charge in [0, 0.05) is 23.3 Å². The molecule has 0 atom stereocenters. The first-order chi connectivity index (χ1) is 8.18. The summed E-state index contributed by atoms with van der Waals surface area (Å²) < 4.78 is 0. The van der Waals surface area contributed by atoms with Crippen LogP contribution in [0.2, 0.25) is 0 Å². The van der Waals surface area contributed by atoms with Gasteiger partial charge in [0.2, 0.25) is 0 Å². The molecule has 0 amide bonds. The van der Waals surface area contributed by atoms with Gasteiger partial charge in [0.25, 0.3) is 5.69 Å². The van der Waals surface area contributed by atoms with E-state index in [9.17, 15) is 14.9 Å². The second-order valence-electron chi connectivity index (χ2n) is 3.50. The SMILES string of the molecule is I.O=C(c1ccccc1)c1cccc([N+](=O)[O-])c1. The molecule has 0 heterocycles. The molecule has 0 spiro atoms. The lowest BCUT2D eigenvalue weighted by Gasteiger charge is -2.00. The molecule has 2 rings (SSSR count). The summed E-state index contributed by atoms with van der Waals surface area (Å²) >= 11 is 0. The van der Waals surface area contributed by atoms with Gasteiger partial charge in [0.15, 0.2) is 5.78 Å². The Morgan fingerprint density at radius 1 is 0.944 bits per heavy atom. The van der Waals surface area contributed by atoms with Crippen molar-refractivity contribution >= 4 is 35.4 Å². The average Bonchev–Trinajstić information content (AvgIpc) is 2.39. The first-order valence-electron chi connectivity index (χ1n) is 5.02. The monoisotopic (exact) mass is 355 g/mol. The van der Waals surface area contributed by atoms with Gasteiger partial charge in [0.05, 0.1) is 4.92 Å². The van der Waals surface area contributed by atoms with Crippen molar-refractivity contribution in [1.29, 1.82) is 0 Å². The molecule has 0 N–H and O–H groups in total. The van der Waals surface area contributed by atoms with Gasteiger partial charge in [-0.15, -0.1) is 24.0 Å². The number of non-ortho nitro benzene ring substituents is 1. The number of ketones is 1. The smallest absolute Gasteiger partial charge is 0.270 e. The molecule has 0 aliphatic carbocycles. The molecule has 4 nitrogen and oxygen atoms in total. The maximum atomic E-state index is 12.0. The predicted octanol–water partition coefficient (Wildman–Crippen LogP) is 3.44. The van der Waals surface area contributed by atoms with Crippen LogP contribution in [0.4, 0.5) is 5.69 Å². The zero-order chi connectivity index (χ0) is 12.3. The third-order valence-corrected chi connectivity index (χ3v) is 2.36. The van der Waals surface area contributed by atoms with E-state index in [4.69, 9.17) is 0 Å². The topological polar surface area (TPSA) is 60.2 Å². The Morgan fingerprint density at radius 2 is 1.56 bits per heavy atom. The predicted molar refractivity (Wildman–Crippen MR) is 78.4 cm³/mol. The second kappa shape index (κ2) is 6.25. The molecule has 0 fully saturated rings. The highest BCUT2D eigenvalue weighted by Crippen LogP contribution is 2.16. The fraction of sp³-hybridized carbons (Fsp3) is 0. The molecule has 2 aromatic carbocycles. The Morgan fingerprint density at radius 3 is 2.17 bits per heavy atom. The Balaban J connectivity index is 0.00000162. The van der Waals surface area contributed by atoms with Crippen LogP contribution in [-0.2, 0) is 0 Å². The summed E-state index contributed by atoms with van der Waals surface area (Å²) in [6, 6.07) is 14.4. The van der Waals surface area contributed by atoms with Crippen LogP contribution in [0.15, 0.2) is 54.6 Å². The highest BCUT2D eigenvalue weighted by atomic mass is 127. The van der Waals surface area contributed by atoms with Crippen molar-refractivity contribution in [2.75, 3.05) is 0 Å². The van der Waals surface area contributed by atoms with Crippen LogP contribution in [0.5, 0.6) is 0 Å². The molecular weight excluding hydrogens is 345 g/mol. The minimum Gasteiger partial charge on any atom is -0.289 e. The third-order valence-electron chi connectivity index (χ3n) is 2.36. The lowest BCUT2D eigenvalue weighted by Crippen LogP contribution is -2.01. The quantitative estimate of drug-likeness (QED) is 0.367. The molecule has 0 saturated heterocycles. The summed E-state index contributed by atoms with van der Waals surface area (Å²) in [4.78, 5) is 22.1. The fourth-order valence-electron chi connectivity index (χ4n) is 1.52. The van der Waals surface area contributed by atoms with Gasteiger partial charge in [-0.3, -0.25) is 14.9 Å². The van der Waals surface area contributed by atoms with Crippen molar-refractivity contribution in [3.8, 4) is 0 Å². The molecule has 0 radical (unpaired) electrons. The van der Waals surface area contributed by atoms with Crippen molar-refractivity contribution in [3.63, 3.8) is 0 Å². The Hall–Kier alpha value is -1.76. The van der Waals surface area contributed by atoms with E-state index in [1.165, 1.54) is 18.2 Å². The highest BCUT2D eigenvalue weighted by molar-refractivity contribution is 14.0. The van der Waals surface area contributed by atoms with Gasteiger partial charge in [-0.05, 0) is 0 Å². The van der Waals surface area contributed by atoms with Crippen LogP contribution >= 0.6 is 24.0 Å². The van der Waals surface area contributed by atoms with Gasteiger partial charge in [-0.1, -0.05) is 42.5 Å². The van der Waals surface area contributed by atoms with Gasteiger partial charge in [-0.2, -0.15) is 0 Å². The lowest BCUT2D eigenvalue weighted by atomic mass is 10.0. The molecular formula is C13H10INO3. The maximum absolute atomic E-state index is 12.0. The third kappa shape index (κ3) is 3.13. The molecule has 0 unspecified atom stereocenters. The number of nitro groups is 1. The second-order valence-corrected chi connectivity index (χ2v) is 3.50. The first kappa shape index (κ1) is 14.3. The fourth-order valence-corrected chi connectivity index (χ4v) is 1.52. The summed E-state index contributed by atoms with van der Waals surface area (Å²) in [7, 11) is 0. The van der Waals surface area contributed by atoms with Crippen LogP contribution in [0.1, 0.15) is 15.9 Å². The number of carbonyl (C=O) groups is 1. The molecule has 5 heteroatoms. The van der Waals surface area contributed by atoms with Gasteiger partial charge < -0.3 is 0 Å². The van der Waals surface area contributed by atoms with Crippen molar-refractivity contribution in [2.45, 2.75) is 0 Å². The Bertz CT molecular complexity index is 569. The minimum absolute atomic E-state index is 0. The number of hydrogen-bond donors (Lipinski definition) is 0. The molecule has 18 heavy (non-hydrogen) atoms. The van der Waals surface area contributed by atoms with Crippen LogP contribution in [-0.4, -0.2) is 10.7 Å². The molecule has 0 aliphatic rings. The van der Waals surface area contributed by atoms with Gasteiger partial charge in [-0.25, -0.2) is 0 Å². The van der Waals surface area contributed by atoms with E-state index >= 15 is 0 Å². The van der Waals surface area contributed by atoms with E-state index in [2.05, 4.69) is 0 Å². The van der Waals surface area contributed by atoms with Crippen molar-refractivity contribution in [1.82, 2.24) is 0 Å². The maximum Gasteiger partial charge on any atom is 0.270 e. The van der Waals surface area contributed by atoms with Crippen LogP contribution in [0, 0.1) is 10.1 Å². The van der Waals surface area contributed by atoms with E-state index < -0.39 is 4.92 Å². The molecule has 2 aromatic rings. The molecule has 0 aliphatic heterocycles. The zero-order valence-electron chi connectivity index (χ0n) is 9.28. The number of nitrogens with zero attached hydrogens (tertiary/aromatic N) is 1.